The number of para-hydroxylation sites is 1. The number of nitrogens with zero attached hydrogens (tertiary/aromatic N) is 2. The van der Waals surface area contributed by atoms with Gasteiger partial charge in [-0.25, -0.2) is 4.99 Å². The van der Waals surface area contributed by atoms with Crippen LogP contribution in [0.4, 0.5) is 0 Å². The van der Waals surface area contributed by atoms with E-state index in [1.54, 1.807) is 0 Å². The molecule has 1 aromatic rings. The highest BCUT2D eigenvalue weighted by Crippen LogP contribution is 2.19. The molecule has 0 aliphatic carbocycles. The fourth-order valence-corrected chi connectivity index (χ4v) is 2.87. The van der Waals surface area contributed by atoms with Crippen LogP contribution >= 0.6 is 0 Å². The minimum Gasteiger partial charge on any atom is -0.492 e. The van der Waals surface area contributed by atoms with E-state index in [4.69, 9.17) is 14.5 Å². The zero-order valence-electron chi connectivity index (χ0n) is 17.2. The number of benzene rings is 1. The molecule has 0 spiro atoms. The molecule has 0 bridgehead atoms. The molecule has 1 heterocycles. The van der Waals surface area contributed by atoms with E-state index < -0.39 is 0 Å². The Morgan fingerprint density at radius 1 is 1.22 bits per heavy atom. The van der Waals surface area contributed by atoms with Crippen molar-refractivity contribution in [3.63, 3.8) is 0 Å². The highest BCUT2D eigenvalue weighted by atomic mass is 16.5. The molecule has 2 N–H and O–H groups in total. The van der Waals surface area contributed by atoms with Gasteiger partial charge in [-0.3, -0.25) is 4.90 Å². The Morgan fingerprint density at radius 3 is 2.74 bits per heavy atom. The quantitative estimate of drug-likeness (QED) is 0.485. The summed E-state index contributed by atoms with van der Waals surface area (Å²) in [7, 11) is 0. The van der Waals surface area contributed by atoms with Gasteiger partial charge in [0.15, 0.2) is 5.96 Å². The van der Waals surface area contributed by atoms with Crippen molar-refractivity contribution in [3.8, 4) is 5.75 Å². The van der Waals surface area contributed by atoms with Crippen LogP contribution in [0.5, 0.6) is 5.75 Å². The first-order chi connectivity index (χ1) is 13.2. The number of nitrogens with one attached hydrogen (secondary N) is 2. The van der Waals surface area contributed by atoms with Gasteiger partial charge in [0.25, 0.3) is 0 Å². The van der Waals surface area contributed by atoms with E-state index in [0.29, 0.717) is 19.1 Å². The number of guanidine groups is 1. The summed E-state index contributed by atoms with van der Waals surface area (Å²) in [6.45, 7) is 14.2. The molecule has 0 atom stereocenters. The topological polar surface area (TPSA) is 58.1 Å². The van der Waals surface area contributed by atoms with Gasteiger partial charge in [0.2, 0.25) is 0 Å². The minimum atomic E-state index is 0.602. The molecule has 6 heteroatoms. The Kier molecular flexibility index (Phi) is 10.0. The maximum absolute atomic E-state index is 6.05. The Balaban J connectivity index is 1.86. The van der Waals surface area contributed by atoms with E-state index in [-0.39, 0.29) is 0 Å². The van der Waals surface area contributed by atoms with Gasteiger partial charge in [0.05, 0.1) is 19.8 Å². The van der Waals surface area contributed by atoms with Crippen molar-refractivity contribution in [2.75, 3.05) is 52.5 Å². The van der Waals surface area contributed by atoms with Crippen molar-refractivity contribution < 1.29 is 9.47 Å². The van der Waals surface area contributed by atoms with E-state index >= 15 is 0 Å². The standard InChI is InChI=1S/C21H36N4O2/c1-4-22-21(23-10-9-18(2)3)24-17-19-7-5-6-8-20(19)27-16-13-25-11-14-26-15-12-25/h5-8,18H,4,9-17H2,1-3H3,(H2,22,23,24). The molecule has 0 amide bonds. The van der Waals surface area contributed by atoms with Gasteiger partial charge >= 0.3 is 0 Å². The van der Waals surface area contributed by atoms with Gasteiger partial charge in [-0.15, -0.1) is 0 Å². The summed E-state index contributed by atoms with van der Waals surface area (Å²) in [4.78, 5) is 7.11. The highest BCUT2D eigenvalue weighted by Gasteiger charge is 2.10. The van der Waals surface area contributed by atoms with Gasteiger partial charge in [0, 0.05) is 38.3 Å². The van der Waals surface area contributed by atoms with Crippen molar-refractivity contribution in [1.29, 1.82) is 0 Å². The van der Waals surface area contributed by atoms with Crippen molar-refractivity contribution in [2.24, 2.45) is 10.9 Å². The number of rotatable bonds is 10. The molecule has 6 nitrogen and oxygen atoms in total. The predicted octanol–water partition coefficient (Wildman–Crippen LogP) is 2.50. The van der Waals surface area contributed by atoms with Crippen molar-refractivity contribution in [3.05, 3.63) is 29.8 Å². The number of aliphatic imine (C=N–C) groups is 1. The van der Waals surface area contributed by atoms with Crippen molar-refractivity contribution >= 4 is 5.96 Å². The molecule has 2 rings (SSSR count). The first kappa shape index (κ1) is 21.5. The van der Waals surface area contributed by atoms with Gasteiger partial charge in [-0.05, 0) is 25.3 Å². The monoisotopic (exact) mass is 376 g/mol. The Morgan fingerprint density at radius 2 is 2.00 bits per heavy atom. The predicted molar refractivity (Wildman–Crippen MR) is 111 cm³/mol. The van der Waals surface area contributed by atoms with Crippen LogP contribution in [0.1, 0.15) is 32.8 Å². The van der Waals surface area contributed by atoms with E-state index in [2.05, 4.69) is 42.4 Å². The third kappa shape index (κ3) is 8.63. The first-order valence-electron chi connectivity index (χ1n) is 10.2. The molecule has 0 saturated carbocycles. The minimum absolute atomic E-state index is 0.602. The lowest BCUT2D eigenvalue weighted by Crippen LogP contribution is -2.38. The van der Waals surface area contributed by atoms with Crippen molar-refractivity contribution in [2.45, 2.75) is 33.7 Å². The molecule has 0 unspecified atom stereocenters. The lowest BCUT2D eigenvalue weighted by molar-refractivity contribution is 0.0322. The molecule has 27 heavy (non-hydrogen) atoms. The fourth-order valence-electron chi connectivity index (χ4n) is 2.87. The summed E-state index contributed by atoms with van der Waals surface area (Å²) in [6.07, 6.45) is 1.13. The third-order valence-electron chi connectivity index (χ3n) is 4.51. The second kappa shape index (κ2) is 12.6. The van der Waals surface area contributed by atoms with Crippen molar-refractivity contribution in [1.82, 2.24) is 15.5 Å². The maximum atomic E-state index is 6.05. The zero-order valence-corrected chi connectivity index (χ0v) is 17.2. The molecule has 1 aromatic carbocycles. The summed E-state index contributed by atoms with van der Waals surface area (Å²) in [6, 6.07) is 8.18. The smallest absolute Gasteiger partial charge is 0.191 e. The second-order valence-electron chi connectivity index (χ2n) is 7.21. The second-order valence-corrected chi connectivity index (χ2v) is 7.21. The maximum Gasteiger partial charge on any atom is 0.191 e. The number of ether oxygens (including phenoxy) is 2. The van der Waals surface area contributed by atoms with Gasteiger partial charge in [-0.2, -0.15) is 0 Å². The van der Waals surface area contributed by atoms with Crippen LogP contribution in [0, 0.1) is 5.92 Å². The normalized spacial score (nSPS) is 15.8. The van der Waals surface area contributed by atoms with Gasteiger partial charge < -0.3 is 20.1 Å². The first-order valence-corrected chi connectivity index (χ1v) is 10.2. The lowest BCUT2D eigenvalue weighted by Gasteiger charge is -2.26. The molecule has 0 aromatic heterocycles. The number of morpholine rings is 1. The molecule has 0 radical (unpaired) electrons. The molecule has 152 valence electrons. The Labute approximate surface area is 164 Å². The van der Waals surface area contributed by atoms with Crippen LogP contribution in [0.2, 0.25) is 0 Å². The molecule has 1 aliphatic rings. The van der Waals surface area contributed by atoms with Gasteiger partial charge in [0.1, 0.15) is 12.4 Å². The van der Waals surface area contributed by atoms with Crippen LogP contribution in [0.15, 0.2) is 29.3 Å². The molecule has 1 saturated heterocycles. The summed E-state index contributed by atoms with van der Waals surface area (Å²) >= 11 is 0. The van der Waals surface area contributed by atoms with Crippen LogP contribution in [0.25, 0.3) is 0 Å². The summed E-state index contributed by atoms with van der Waals surface area (Å²) in [5.41, 5.74) is 1.11. The lowest BCUT2D eigenvalue weighted by atomic mass is 10.1. The molecular formula is C21H36N4O2. The Hall–Kier alpha value is -1.79. The number of hydrogen-bond donors (Lipinski definition) is 2. The largest absolute Gasteiger partial charge is 0.492 e. The average molecular weight is 377 g/mol. The molecular weight excluding hydrogens is 340 g/mol. The van der Waals surface area contributed by atoms with Crippen LogP contribution in [-0.4, -0.2) is 63.4 Å². The number of hydrogen-bond acceptors (Lipinski definition) is 4. The summed E-state index contributed by atoms with van der Waals surface area (Å²) in [5.74, 6) is 2.47. The Bertz CT molecular complexity index is 557. The highest BCUT2D eigenvalue weighted by molar-refractivity contribution is 5.79. The summed E-state index contributed by atoms with van der Waals surface area (Å²) < 4.78 is 11.4. The fraction of sp³-hybridized carbons (Fsp3) is 0.667. The van der Waals surface area contributed by atoms with E-state index in [1.807, 2.05) is 18.2 Å². The third-order valence-corrected chi connectivity index (χ3v) is 4.51. The van der Waals surface area contributed by atoms with Crippen LogP contribution in [-0.2, 0) is 11.3 Å². The van der Waals surface area contributed by atoms with Gasteiger partial charge in [-0.1, -0.05) is 32.0 Å². The zero-order chi connectivity index (χ0) is 19.3. The van der Waals surface area contributed by atoms with Crippen LogP contribution in [0.3, 0.4) is 0 Å². The molecule has 1 fully saturated rings. The average Bonchev–Trinajstić information content (AvgIpc) is 2.67. The summed E-state index contributed by atoms with van der Waals surface area (Å²) in [5, 5.41) is 6.72. The SMILES string of the molecule is CCNC(=NCc1ccccc1OCCN1CCOCC1)NCCC(C)C. The van der Waals surface area contributed by atoms with E-state index in [0.717, 1.165) is 69.6 Å². The van der Waals surface area contributed by atoms with E-state index in [1.165, 1.54) is 0 Å². The van der Waals surface area contributed by atoms with E-state index in [9.17, 15) is 0 Å². The van der Waals surface area contributed by atoms with Crippen LogP contribution < -0.4 is 15.4 Å². The molecule has 1 aliphatic heterocycles.